The largest absolute Gasteiger partial charge is 0.493 e. The van der Waals surface area contributed by atoms with Crippen molar-refractivity contribution >= 4 is 15.9 Å². The fourth-order valence-electron chi connectivity index (χ4n) is 4.11. The minimum absolute atomic E-state index is 0.495. The first-order valence-electron chi connectivity index (χ1n) is 7.85. The Hall–Kier alpha value is -0.540. The van der Waals surface area contributed by atoms with E-state index in [-0.39, 0.29) is 0 Å². The van der Waals surface area contributed by atoms with Crippen LogP contribution in [0.3, 0.4) is 0 Å². The van der Waals surface area contributed by atoms with Gasteiger partial charge in [-0.3, -0.25) is 0 Å². The molecular formula is C17H24BrNO. The molecule has 3 atom stereocenters. The second-order valence-electron chi connectivity index (χ2n) is 6.08. The molecule has 1 aromatic rings. The second-order valence-corrected chi connectivity index (χ2v) is 6.93. The lowest BCUT2D eigenvalue weighted by molar-refractivity contribution is 0.337. The number of hydrogen-bond acceptors (Lipinski definition) is 2. The van der Waals surface area contributed by atoms with Crippen LogP contribution in [0, 0.1) is 17.8 Å². The van der Waals surface area contributed by atoms with Gasteiger partial charge in [-0.1, -0.05) is 18.9 Å². The molecule has 0 spiro atoms. The van der Waals surface area contributed by atoms with Gasteiger partial charge in [-0.05, 0) is 78.2 Å². The van der Waals surface area contributed by atoms with Crippen molar-refractivity contribution in [3.8, 4) is 5.75 Å². The first kappa shape index (κ1) is 14.4. The molecule has 0 heterocycles. The van der Waals surface area contributed by atoms with E-state index in [2.05, 4.69) is 46.5 Å². The average molecular weight is 338 g/mol. The molecular weight excluding hydrogens is 314 g/mol. The molecule has 0 radical (unpaired) electrons. The molecule has 1 N–H and O–H groups in total. The highest BCUT2D eigenvalue weighted by atomic mass is 79.9. The molecule has 3 rings (SSSR count). The molecule has 20 heavy (non-hydrogen) atoms. The Morgan fingerprint density at radius 1 is 1.30 bits per heavy atom. The van der Waals surface area contributed by atoms with E-state index >= 15 is 0 Å². The molecule has 2 fully saturated rings. The molecule has 0 saturated heterocycles. The number of fused-ring (bicyclic) bond motifs is 1. The summed E-state index contributed by atoms with van der Waals surface area (Å²) in [6.07, 6.45) is 5.74. The van der Waals surface area contributed by atoms with Crippen LogP contribution >= 0.6 is 15.9 Å². The van der Waals surface area contributed by atoms with Gasteiger partial charge in [0.05, 0.1) is 11.1 Å². The number of hydrogen-bond donors (Lipinski definition) is 1. The van der Waals surface area contributed by atoms with Crippen molar-refractivity contribution in [2.45, 2.75) is 38.6 Å². The summed E-state index contributed by atoms with van der Waals surface area (Å²) in [4.78, 5) is 0. The van der Waals surface area contributed by atoms with E-state index < -0.39 is 0 Å². The fraction of sp³-hybridized carbons (Fsp3) is 0.647. The predicted molar refractivity (Wildman–Crippen MR) is 86.0 cm³/mol. The predicted octanol–water partition coefficient (Wildman–Crippen LogP) is 4.54. The zero-order valence-electron chi connectivity index (χ0n) is 12.4. The van der Waals surface area contributed by atoms with E-state index in [1.54, 1.807) is 0 Å². The summed E-state index contributed by atoms with van der Waals surface area (Å²) in [5.74, 6) is 3.71. The van der Waals surface area contributed by atoms with Crippen LogP contribution in [0.4, 0.5) is 0 Å². The van der Waals surface area contributed by atoms with Crippen LogP contribution in [0.15, 0.2) is 22.7 Å². The van der Waals surface area contributed by atoms with Gasteiger partial charge in [0.25, 0.3) is 0 Å². The maximum absolute atomic E-state index is 5.61. The van der Waals surface area contributed by atoms with Crippen LogP contribution in [-0.2, 0) is 0 Å². The third-order valence-corrected chi connectivity index (χ3v) is 5.65. The molecule has 0 aliphatic heterocycles. The lowest BCUT2D eigenvalue weighted by Gasteiger charge is -2.18. The molecule has 3 unspecified atom stereocenters. The Morgan fingerprint density at radius 2 is 2.00 bits per heavy atom. The third kappa shape index (κ3) is 2.62. The van der Waals surface area contributed by atoms with Gasteiger partial charge >= 0.3 is 0 Å². The van der Waals surface area contributed by atoms with E-state index in [4.69, 9.17) is 4.74 Å². The minimum atomic E-state index is 0.495. The van der Waals surface area contributed by atoms with Crippen molar-refractivity contribution in [2.24, 2.45) is 17.8 Å². The minimum Gasteiger partial charge on any atom is -0.493 e. The van der Waals surface area contributed by atoms with Crippen LogP contribution in [0.25, 0.3) is 0 Å². The van der Waals surface area contributed by atoms with Crippen LogP contribution in [0.1, 0.15) is 44.2 Å². The summed E-state index contributed by atoms with van der Waals surface area (Å²) in [6.45, 7) is 2.73. The van der Waals surface area contributed by atoms with Gasteiger partial charge in [0, 0.05) is 6.04 Å². The highest BCUT2D eigenvalue weighted by Crippen LogP contribution is 2.60. The Bertz CT molecular complexity index is 464. The van der Waals surface area contributed by atoms with E-state index in [0.717, 1.165) is 28.0 Å². The molecule has 3 heteroatoms. The third-order valence-electron chi connectivity index (χ3n) is 5.03. The molecule has 0 aromatic heterocycles. The lowest BCUT2D eigenvalue weighted by Crippen LogP contribution is -2.19. The molecule has 0 bridgehead atoms. The Kier molecular flexibility index (Phi) is 4.37. The maximum Gasteiger partial charge on any atom is 0.133 e. The number of halogens is 1. The zero-order chi connectivity index (χ0) is 14.1. The molecule has 110 valence electrons. The van der Waals surface area contributed by atoms with E-state index in [1.807, 2.05) is 6.92 Å². The van der Waals surface area contributed by atoms with Crippen molar-refractivity contribution < 1.29 is 4.74 Å². The summed E-state index contributed by atoms with van der Waals surface area (Å²) in [5.41, 5.74) is 1.39. The number of nitrogens with one attached hydrogen (secondary N) is 1. The normalized spacial score (nSPS) is 29.6. The summed E-state index contributed by atoms with van der Waals surface area (Å²) >= 11 is 3.64. The zero-order valence-corrected chi connectivity index (χ0v) is 13.9. The van der Waals surface area contributed by atoms with Gasteiger partial charge < -0.3 is 10.1 Å². The first-order valence-corrected chi connectivity index (χ1v) is 8.65. The van der Waals surface area contributed by atoms with Crippen LogP contribution < -0.4 is 10.1 Å². The Morgan fingerprint density at radius 3 is 2.55 bits per heavy atom. The second kappa shape index (κ2) is 6.07. The molecule has 2 aliphatic carbocycles. The molecule has 2 aliphatic rings. The van der Waals surface area contributed by atoms with Gasteiger partial charge in [0.2, 0.25) is 0 Å². The van der Waals surface area contributed by atoms with Crippen molar-refractivity contribution in [3.63, 3.8) is 0 Å². The standard InChI is InChI=1S/C17H24BrNO/c1-3-20-15-9-8-11(10-14(15)18)17(19-2)16-12-6-4-5-7-13(12)16/h8-10,12-13,16-17,19H,3-7H2,1-2H3. The summed E-state index contributed by atoms with van der Waals surface area (Å²) in [5, 5.41) is 3.55. The van der Waals surface area contributed by atoms with Crippen LogP contribution in [0.2, 0.25) is 0 Å². The molecule has 1 aromatic carbocycles. The van der Waals surface area contributed by atoms with Gasteiger partial charge in [-0.2, -0.15) is 0 Å². The van der Waals surface area contributed by atoms with E-state index in [1.165, 1.54) is 31.2 Å². The SMILES string of the molecule is CCOc1ccc(C(NC)C2C3CCCCC32)cc1Br. The first-order chi connectivity index (χ1) is 9.76. The number of rotatable bonds is 5. The van der Waals surface area contributed by atoms with Crippen molar-refractivity contribution in [2.75, 3.05) is 13.7 Å². The summed E-state index contributed by atoms with van der Waals surface area (Å²) < 4.78 is 6.68. The quantitative estimate of drug-likeness (QED) is 0.851. The van der Waals surface area contributed by atoms with E-state index in [9.17, 15) is 0 Å². The molecule has 0 amide bonds. The monoisotopic (exact) mass is 337 g/mol. The highest BCUT2D eigenvalue weighted by molar-refractivity contribution is 9.10. The highest BCUT2D eigenvalue weighted by Gasteiger charge is 2.54. The number of ether oxygens (including phenoxy) is 1. The molecule has 2 saturated carbocycles. The topological polar surface area (TPSA) is 21.3 Å². The van der Waals surface area contributed by atoms with Gasteiger partial charge in [0.1, 0.15) is 5.75 Å². The van der Waals surface area contributed by atoms with Crippen molar-refractivity contribution in [1.29, 1.82) is 0 Å². The number of benzene rings is 1. The van der Waals surface area contributed by atoms with Gasteiger partial charge in [-0.25, -0.2) is 0 Å². The van der Waals surface area contributed by atoms with Crippen LogP contribution in [0.5, 0.6) is 5.75 Å². The van der Waals surface area contributed by atoms with E-state index in [0.29, 0.717) is 12.6 Å². The Balaban J connectivity index is 1.78. The van der Waals surface area contributed by atoms with Crippen LogP contribution in [-0.4, -0.2) is 13.7 Å². The average Bonchev–Trinajstić information content (AvgIpc) is 3.17. The van der Waals surface area contributed by atoms with Crippen molar-refractivity contribution in [1.82, 2.24) is 5.32 Å². The molecule has 2 nitrogen and oxygen atoms in total. The maximum atomic E-state index is 5.61. The van der Waals surface area contributed by atoms with Crippen molar-refractivity contribution in [3.05, 3.63) is 28.2 Å². The smallest absolute Gasteiger partial charge is 0.133 e. The fourth-order valence-corrected chi connectivity index (χ4v) is 4.62. The van der Waals surface area contributed by atoms with Gasteiger partial charge in [0.15, 0.2) is 0 Å². The summed E-state index contributed by atoms with van der Waals surface area (Å²) in [6, 6.07) is 7.05. The summed E-state index contributed by atoms with van der Waals surface area (Å²) in [7, 11) is 2.10. The lowest BCUT2D eigenvalue weighted by atomic mass is 10.00. The van der Waals surface area contributed by atoms with Gasteiger partial charge in [-0.15, -0.1) is 0 Å². The Labute approximate surface area is 130 Å².